The summed E-state index contributed by atoms with van der Waals surface area (Å²) in [6.45, 7) is 6.00. The molecular formula is C30H45NO. The van der Waals surface area contributed by atoms with Crippen molar-refractivity contribution in [2.75, 3.05) is 6.54 Å². The summed E-state index contributed by atoms with van der Waals surface area (Å²) in [4.78, 5) is 4.60. The number of hydrogen-bond acceptors (Lipinski definition) is 2. The number of benzene rings is 2. The minimum Gasteiger partial charge on any atom is -0.489 e. The lowest BCUT2D eigenvalue weighted by Crippen LogP contribution is -1.96. The normalized spacial score (nSPS) is 11.3. The Kier molecular flexibility index (Phi) is 14.3. The van der Waals surface area contributed by atoms with E-state index in [1.807, 2.05) is 18.3 Å². The molecular weight excluding hydrogens is 390 g/mol. The first kappa shape index (κ1) is 26.2. The Morgan fingerprint density at radius 2 is 1.16 bits per heavy atom. The van der Waals surface area contributed by atoms with Gasteiger partial charge in [-0.05, 0) is 53.8 Å². The van der Waals surface area contributed by atoms with Crippen molar-refractivity contribution in [3.63, 3.8) is 0 Å². The Morgan fingerprint density at radius 3 is 1.72 bits per heavy atom. The highest BCUT2D eigenvalue weighted by Crippen LogP contribution is 2.15. The predicted molar refractivity (Wildman–Crippen MR) is 140 cm³/mol. The van der Waals surface area contributed by atoms with Crippen LogP contribution in [-0.4, -0.2) is 12.8 Å². The molecule has 0 unspecified atom stereocenters. The second-order valence-electron chi connectivity index (χ2n) is 8.95. The van der Waals surface area contributed by atoms with Gasteiger partial charge in [0.1, 0.15) is 12.4 Å². The molecule has 2 nitrogen and oxygen atoms in total. The first-order valence-electron chi connectivity index (χ1n) is 13.1. The van der Waals surface area contributed by atoms with Crippen LogP contribution in [0.5, 0.6) is 5.75 Å². The summed E-state index contributed by atoms with van der Waals surface area (Å²) < 4.78 is 5.90. The third kappa shape index (κ3) is 12.1. The molecule has 0 atom stereocenters. The van der Waals surface area contributed by atoms with Gasteiger partial charge in [0.2, 0.25) is 0 Å². The molecule has 176 valence electrons. The van der Waals surface area contributed by atoms with Crippen LogP contribution in [0.4, 0.5) is 0 Å². The van der Waals surface area contributed by atoms with Gasteiger partial charge in [-0.1, -0.05) is 109 Å². The molecule has 0 heterocycles. The molecule has 0 N–H and O–H groups in total. The number of aryl methyl sites for hydroxylation is 1. The monoisotopic (exact) mass is 435 g/mol. The molecule has 0 saturated heterocycles. The highest BCUT2D eigenvalue weighted by molar-refractivity contribution is 5.79. The van der Waals surface area contributed by atoms with Crippen LogP contribution >= 0.6 is 0 Å². The zero-order valence-electron chi connectivity index (χ0n) is 20.7. The van der Waals surface area contributed by atoms with Crippen molar-refractivity contribution in [3.05, 3.63) is 65.2 Å². The van der Waals surface area contributed by atoms with E-state index in [9.17, 15) is 0 Å². The zero-order valence-corrected chi connectivity index (χ0v) is 20.7. The standard InChI is InChI=1S/C30H45NO/c1-3-5-6-7-8-9-10-11-12-13-14-15-24-31-25-28-20-22-30(23-21-28)32-26-29-18-16-27(4-2)17-19-29/h16-23,25H,3-15,24,26H2,1-2H3/b31-25+. The molecule has 2 rings (SSSR count). The number of hydrogen-bond donors (Lipinski definition) is 0. The Bertz CT molecular complexity index is 718. The van der Waals surface area contributed by atoms with Gasteiger partial charge in [-0.3, -0.25) is 4.99 Å². The van der Waals surface area contributed by atoms with Gasteiger partial charge in [0.15, 0.2) is 0 Å². The van der Waals surface area contributed by atoms with E-state index in [1.165, 1.54) is 88.2 Å². The predicted octanol–water partition coefficient (Wildman–Crippen LogP) is 8.95. The van der Waals surface area contributed by atoms with Gasteiger partial charge in [0.05, 0.1) is 0 Å². The van der Waals surface area contributed by atoms with Crippen molar-refractivity contribution in [2.45, 2.75) is 104 Å². The molecule has 2 aromatic carbocycles. The lowest BCUT2D eigenvalue weighted by atomic mass is 10.1. The second kappa shape index (κ2) is 17.5. The van der Waals surface area contributed by atoms with Crippen LogP contribution in [0, 0.1) is 0 Å². The topological polar surface area (TPSA) is 21.6 Å². The number of ether oxygens (including phenoxy) is 1. The summed E-state index contributed by atoms with van der Waals surface area (Å²) in [6, 6.07) is 16.9. The van der Waals surface area contributed by atoms with Crippen LogP contribution in [0.3, 0.4) is 0 Å². The van der Waals surface area contributed by atoms with E-state index in [4.69, 9.17) is 4.74 Å². The maximum Gasteiger partial charge on any atom is 0.119 e. The van der Waals surface area contributed by atoms with Gasteiger partial charge in [-0.25, -0.2) is 0 Å². The van der Waals surface area contributed by atoms with Crippen LogP contribution in [0.25, 0.3) is 0 Å². The molecule has 2 aromatic rings. The lowest BCUT2D eigenvalue weighted by Gasteiger charge is -2.07. The summed E-state index contributed by atoms with van der Waals surface area (Å²) in [7, 11) is 0. The van der Waals surface area contributed by atoms with Gasteiger partial charge in [-0.15, -0.1) is 0 Å². The van der Waals surface area contributed by atoms with E-state index in [0.29, 0.717) is 6.61 Å². The first-order chi connectivity index (χ1) is 15.8. The number of unbranched alkanes of at least 4 members (excludes halogenated alkanes) is 11. The number of rotatable bonds is 18. The van der Waals surface area contributed by atoms with Crippen molar-refractivity contribution < 1.29 is 4.74 Å². The van der Waals surface area contributed by atoms with Crippen LogP contribution in [0.2, 0.25) is 0 Å². The van der Waals surface area contributed by atoms with Crippen LogP contribution < -0.4 is 4.74 Å². The van der Waals surface area contributed by atoms with Gasteiger partial charge in [0.25, 0.3) is 0 Å². The minimum absolute atomic E-state index is 0.608. The molecule has 0 aromatic heterocycles. The van der Waals surface area contributed by atoms with E-state index in [1.54, 1.807) is 0 Å². The van der Waals surface area contributed by atoms with Crippen molar-refractivity contribution in [1.82, 2.24) is 0 Å². The van der Waals surface area contributed by atoms with E-state index >= 15 is 0 Å². The molecule has 0 amide bonds. The molecule has 0 fully saturated rings. The van der Waals surface area contributed by atoms with Gasteiger partial charge < -0.3 is 4.74 Å². The van der Waals surface area contributed by atoms with Gasteiger partial charge in [-0.2, -0.15) is 0 Å². The summed E-state index contributed by atoms with van der Waals surface area (Å²) >= 11 is 0. The number of nitrogens with zero attached hydrogens (tertiary/aromatic N) is 1. The average Bonchev–Trinajstić information content (AvgIpc) is 2.84. The Labute approximate surface area is 197 Å². The molecule has 0 radical (unpaired) electrons. The molecule has 0 spiro atoms. The quantitative estimate of drug-likeness (QED) is 0.169. The van der Waals surface area contributed by atoms with E-state index < -0.39 is 0 Å². The van der Waals surface area contributed by atoms with E-state index in [2.05, 4.69) is 55.2 Å². The summed E-state index contributed by atoms with van der Waals surface area (Å²) in [5, 5.41) is 0. The maximum atomic E-state index is 5.90. The zero-order chi connectivity index (χ0) is 22.7. The fraction of sp³-hybridized carbons (Fsp3) is 0.567. The summed E-state index contributed by atoms with van der Waals surface area (Å²) in [5.41, 5.74) is 3.71. The maximum absolute atomic E-state index is 5.90. The fourth-order valence-corrected chi connectivity index (χ4v) is 3.90. The molecule has 0 aliphatic rings. The van der Waals surface area contributed by atoms with Crippen molar-refractivity contribution in [2.24, 2.45) is 4.99 Å². The highest BCUT2D eigenvalue weighted by Gasteiger charge is 1.98. The smallest absolute Gasteiger partial charge is 0.119 e. The summed E-state index contributed by atoms with van der Waals surface area (Å²) in [5.74, 6) is 0.905. The Hall–Kier alpha value is -2.09. The largest absolute Gasteiger partial charge is 0.489 e. The van der Waals surface area contributed by atoms with E-state index in [0.717, 1.165) is 24.3 Å². The minimum atomic E-state index is 0.608. The molecule has 0 bridgehead atoms. The highest BCUT2D eigenvalue weighted by atomic mass is 16.5. The Morgan fingerprint density at radius 1 is 0.625 bits per heavy atom. The van der Waals surface area contributed by atoms with Crippen molar-refractivity contribution >= 4 is 6.21 Å². The molecule has 2 heteroatoms. The Balaban J connectivity index is 1.48. The van der Waals surface area contributed by atoms with Crippen molar-refractivity contribution in [1.29, 1.82) is 0 Å². The SMILES string of the molecule is CCCCCCCCCCCCCC/N=C/c1ccc(OCc2ccc(CC)cc2)cc1. The fourth-order valence-electron chi connectivity index (χ4n) is 3.90. The van der Waals surface area contributed by atoms with Crippen molar-refractivity contribution in [3.8, 4) is 5.75 Å². The second-order valence-corrected chi connectivity index (χ2v) is 8.95. The molecule has 0 aliphatic carbocycles. The first-order valence-corrected chi connectivity index (χ1v) is 13.1. The van der Waals surface area contributed by atoms with E-state index in [-0.39, 0.29) is 0 Å². The molecule has 0 aliphatic heterocycles. The number of aliphatic imine (C=N–C) groups is 1. The molecule has 0 saturated carbocycles. The van der Waals surface area contributed by atoms with Gasteiger partial charge in [0, 0.05) is 12.8 Å². The van der Waals surface area contributed by atoms with Crippen LogP contribution in [0.1, 0.15) is 108 Å². The third-order valence-corrected chi connectivity index (χ3v) is 6.10. The summed E-state index contributed by atoms with van der Waals surface area (Å²) in [6.07, 6.45) is 19.7. The van der Waals surface area contributed by atoms with Gasteiger partial charge >= 0.3 is 0 Å². The average molecular weight is 436 g/mol. The van der Waals surface area contributed by atoms with Crippen LogP contribution in [0.15, 0.2) is 53.5 Å². The molecule has 32 heavy (non-hydrogen) atoms. The third-order valence-electron chi connectivity index (χ3n) is 6.10. The van der Waals surface area contributed by atoms with Crippen LogP contribution in [-0.2, 0) is 13.0 Å². The lowest BCUT2D eigenvalue weighted by molar-refractivity contribution is 0.306.